The average molecular weight is 531 g/mol. The molecule has 180 valence electrons. The van der Waals surface area contributed by atoms with E-state index in [2.05, 4.69) is 89.2 Å². The molecule has 1 saturated heterocycles. The van der Waals surface area contributed by atoms with Crippen molar-refractivity contribution >= 4 is 51.6 Å². The van der Waals surface area contributed by atoms with E-state index in [0.29, 0.717) is 6.04 Å². The van der Waals surface area contributed by atoms with Gasteiger partial charge in [0.05, 0.1) is 17.5 Å². The molecule has 0 aliphatic carbocycles. The molecule has 6 rings (SSSR count). The van der Waals surface area contributed by atoms with Gasteiger partial charge in [0.1, 0.15) is 5.02 Å². The summed E-state index contributed by atoms with van der Waals surface area (Å²) in [5.41, 5.74) is 7.36. The van der Waals surface area contributed by atoms with Gasteiger partial charge in [-0.25, -0.2) is 0 Å². The Balaban J connectivity index is 1.33. The number of hydrogen-bond donors (Lipinski definition) is 0. The van der Waals surface area contributed by atoms with Gasteiger partial charge >= 0.3 is 0 Å². The van der Waals surface area contributed by atoms with E-state index in [9.17, 15) is 0 Å². The molecule has 0 amide bonds. The molecule has 1 fully saturated rings. The summed E-state index contributed by atoms with van der Waals surface area (Å²) < 4.78 is 2.35. The van der Waals surface area contributed by atoms with Crippen LogP contribution in [-0.2, 0) is 0 Å². The van der Waals surface area contributed by atoms with Gasteiger partial charge in [0, 0.05) is 22.0 Å². The third-order valence-corrected chi connectivity index (χ3v) is 8.76. The van der Waals surface area contributed by atoms with Gasteiger partial charge in [0.2, 0.25) is 17.1 Å². The van der Waals surface area contributed by atoms with Crippen molar-refractivity contribution < 1.29 is 4.58 Å². The van der Waals surface area contributed by atoms with Crippen LogP contribution in [0.2, 0.25) is 10.0 Å². The first-order valence-electron chi connectivity index (χ1n) is 12.4. The number of thiophene rings is 1. The standard InChI is InChI=1S/C31H27Cl2N2S/c1-21-7-4-9-23(17-21)30-14-15-31(36-30)29-19-25(35(29)28-12-3-2-11-26(28)33)20-34-16-6-13-27(34)22-8-5-10-24(32)18-22/h2-5,7-12,14-15,17-19,27H,6,13,16,20H2,1H3/q+1. The van der Waals surface area contributed by atoms with Crippen LogP contribution in [0.4, 0.5) is 5.69 Å². The number of halogens is 2. The summed E-state index contributed by atoms with van der Waals surface area (Å²) in [5, 5.41) is 1.57. The molecule has 1 aromatic heterocycles. The quantitative estimate of drug-likeness (QED) is 0.226. The molecule has 36 heavy (non-hydrogen) atoms. The highest BCUT2D eigenvalue weighted by Crippen LogP contribution is 2.41. The van der Waals surface area contributed by atoms with Gasteiger partial charge in [-0.2, -0.15) is 4.58 Å². The zero-order valence-corrected chi connectivity index (χ0v) is 22.5. The summed E-state index contributed by atoms with van der Waals surface area (Å²) in [6, 6.07) is 30.0. The normalized spacial score (nSPS) is 17.9. The lowest BCUT2D eigenvalue weighted by molar-refractivity contribution is -0.344. The number of likely N-dealkylation sites (tertiary alicyclic amines) is 1. The maximum absolute atomic E-state index is 6.72. The summed E-state index contributed by atoms with van der Waals surface area (Å²) in [5.74, 6) is 0. The maximum Gasteiger partial charge on any atom is 0.235 e. The lowest BCUT2D eigenvalue weighted by Crippen LogP contribution is -2.36. The van der Waals surface area contributed by atoms with Crippen LogP contribution in [0.5, 0.6) is 0 Å². The number of aryl methyl sites for hydroxylation is 1. The Kier molecular flexibility index (Phi) is 6.57. The first kappa shape index (κ1) is 23.7. The van der Waals surface area contributed by atoms with Crippen molar-refractivity contribution in [2.45, 2.75) is 25.8 Å². The number of hydrogen-bond acceptors (Lipinski definition) is 2. The average Bonchev–Trinajstić information content (AvgIpc) is 3.53. The molecule has 0 N–H and O–H groups in total. The van der Waals surface area contributed by atoms with Gasteiger partial charge in [-0.15, -0.1) is 11.3 Å². The van der Waals surface area contributed by atoms with Gasteiger partial charge < -0.3 is 0 Å². The van der Waals surface area contributed by atoms with Crippen LogP contribution in [0, 0.1) is 6.92 Å². The smallest absolute Gasteiger partial charge is 0.235 e. The number of rotatable bonds is 6. The molecule has 0 spiro atoms. The van der Waals surface area contributed by atoms with Crippen molar-refractivity contribution in [3.05, 3.63) is 117 Å². The molecule has 5 heteroatoms. The van der Waals surface area contributed by atoms with Crippen LogP contribution < -0.4 is 0 Å². The lowest BCUT2D eigenvalue weighted by Gasteiger charge is -2.26. The molecule has 3 aromatic carbocycles. The third kappa shape index (κ3) is 4.57. The van der Waals surface area contributed by atoms with E-state index in [4.69, 9.17) is 23.2 Å². The van der Waals surface area contributed by atoms with Crippen molar-refractivity contribution in [3.63, 3.8) is 0 Å². The summed E-state index contributed by atoms with van der Waals surface area (Å²) in [7, 11) is 0. The van der Waals surface area contributed by atoms with Gasteiger partial charge in [0.25, 0.3) is 0 Å². The Morgan fingerprint density at radius 1 is 0.917 bits per heavy atom. The number of nitrogens with zero attached hydrogens (tertiary/aromatic N) is 2. The Morgan fingerprint density at radius 3 is 2.58 bits per heavy atom. The molecule has 2 aliphatic heterocycles. The minimum Gasteiger partial charge on any atom is -0.286 e. The van der Waals surface area contributed by atoms with E-state index in [1.807, 2.05) is 29.5 Å². The highest BCUT2D eigenvalue weighted by atomic mass is 35.5. The van der Waals surface area contributed by atoms with Crippen LogP contribution in [0.25, 0.3) is 16.1 Å². The van der Waals surface area contributed by atoms with Crippen LogP contribution in [0.15, 0.2) is 91.0 Å². The second kappa shape index (κ2) is 9.99. The van der Waals surface area contributed by atoms with Crippen molar-refractivity contribution in [3.8, 4) is 10.4 Å². The first-order chi connectivity index (χ1) is 17.6. The maximum atomic E-state index is 6.72. The predicted octanol–water partition coefficient (Wildman–Crippen LogP) is 9.01. The fourth-order valence-corrected chi connectivity index (χ4v) is 6.76. The molecule has 1 atom stereocenters. The zero-order chi connectivity index (χ0) is 24.6. The van der Waals surface area contributed by atoms with Gasteiger partial charge in [-0.05, 0) is 67.8 Å². The molecule has 0 radical (unpaired) electrons. The fourth-order valence-electron chi connectivity index (χ4n) is 5.33. The molecule has 0 saturated carbocycles. The third-order valence-electron chi connectivity index (χ3n) is 7.05. The molecular weight excluding hydrogens is 503 g/mol. The fraction of sp³-hybridized carbons (Fsp3) is 0.194. The number of para-hydroxylation sites is 1. The molecule has 4 aromatic rings. The lowest BCUT2D eigenvalue weighted by atomic mass is 10.0. The molecule has 3 heterocycles. The van der Waals surface area contributed by atoms with Gasteiger partial charge in [-0.3, -0.25) is 4.90 Å². The Bertz CT molecular complexity index is 1500. The topological polar surface area (TPSA) is 6.25 Å². The number of benzene rings is 3. The van der Waals surface area contributed by atoms with Gasteiger partial charge in [-0.1, -0.05) is 77.3 Å². The highest BCUT2D eigenvalue weighted by Gasteiger charge is 2.38. The van der Waals surface area contributed by atoms with Crippen molar-refractivity contribution in [1.29, 1.82) is 0 Å². The van der Waals surface area contributed by atoms with Crippen molar-refractivity contribution in [2.24, 2.45) is 0 Å². The monoisotopic (exact) mass is 529 g/mol. The second-order valence-corrected chi connectivity index (χ2v) is 11.5. The molecule has 2 nitrogen and oxygen atoms in total. The van der Waals surface area contributed by atoms with E-state index in [0.717, 1.165) is 35.2 Å². The van der Waals surface area contributed by atoms with Crippen LogP contribution in [-0.4, -0.2) is 28.3 Å². The summed E-state index contributed by atoms with van der Waals surface area (Å²) in [6.45, 7) is 4.10. The Hall–Kier alpha value is -2.69. The van der Waals surface area contributed by atoms with E-state index < -0.39 is 0 Å². The minimum absolute atomic E-state index is 0.386. The van der Waals surface area contributed by atoms with Crippen LogP contribution >= 0.6 is 34.5 Å². The summed E-state index contributed by atoms with van der Waals surface area (Å²) in [4.78, 5) is 5.11. The Morgan fingerprint density at radius 2 is 1.75 bits per heavy atom. The summed E-state index contributed by atoms with van der Waals surface area (Å²) in [6.07, 6.45) is 4.68. The van der Waals surface area contributed by atoms with Crippen molar-refractivity contribution in [2.75, 3.05) is 13.1 Å². The highest BCUT2D eigenvalue weighted by molar-refractivity contribution is 7.16. The second-order valence-electron chi connectivity index (χ2n) is 9.52. The zero-order valence-electron chi connectivity index (χ0n) is 20.1. The summed E-state index contributed by atoms with van der Waals surface area (Å²) >= 11 is 14.9. The molecule has 0 bridgehead atoms. The SMILES string of the molecule is Cc1cccc(-c2ccc(C3=CC(CN4CCCC4c4cccc(Cl)c4)=[N+]3c3ccccc3Cl)s2)c1. The molecular formula is C31H27Cl2N2S+. The van der Waals surface area contributed by atoms with Gasteiger partial charge in [0.15, 0.2) is 0 Å². The van der Waals surface area contributed by atoms with E-state index >= 15 is 0 Å². The van der Waals surface area contributed by atoms with Crippen LogP contribution in [0.1, 0.15) is 34.9 Å². The Labute approximate surface area is 226 Å². The predicted molar refractivity (Wildman–Crippen MR) is 154 cm³/mol. The molecule has 2 aliphatic rings. The molecule has 1 unspecified atom stereocenters. The van der Waals surface area contributed by atoms with Crippen molar-refractivity contribution in [1.82, 2.24) is 4.90 Å². The first-order valence-corrected chi connectivity index (χ1v) is 13.9. The van der Waals surface area contributed by atoms with E-state index in [-0.39, 0.29) is 0 Å². The van der Waals surface area contributed by atoms with E-state index in [1.165, 1.54) is 44.3 Å². The van der Waals surface area contributed by atoms with Crippen LogP contribution in [0.3, 0.4) is 0 Å². The largest absolute Gasteiger partial charge is 0.286 e. The van der Waals surface area contributed by atoms with E-state index in [1.54, 1.807) is 0 Å². The minimum atomic E-state index is 0.386.